The summed E-state index contributed by atoms with van der Waals surface area (Å²) < 4.78 is 36.3. The van der Waals surface area contributed by atoms with Gasteiger partial charge in [-0.15, -0.1) is 0 Å². The molecule has 0 aliphatic rings. The van der Waals surface area contributed by atoms with Crippen LogP contribution in [0.3, 0.4) is 0 Å². The molecule has 0 aliphatic heterocycles. The number of sulfonamides is 1. The molecule has 0 bridgehead atoms. The quantitative estimate of drug-likeness (QED) is 0.405. The molecule has 32 heavy (non-hydrogen) atoms. The number of fused-ring (bicyclic) bond motifs is 1. The van der Waals surface area contributed by atoms with Gasteiger partial charge in [0.1, 0.15) is 5.75 Å². The van der Waals surface area contributed by atoms with Crippen molar-refractivity contribution in [3.8, 4) is 5.75 Å². The summed E-state index contributed by atoms with van der Waals surface area (Å²) in [6.45, 7) is 2.07. The van der Waals surface area contributed by atoms with Crippen LogP contribution >= 0.6 is 22.9 Å². The van der Waals surface area contributed by atoms with Gasteiger partial charge in [-0.05, 0) is 42.8 Å². The topological polar surface area (TPSA) is 77.4 Å². The minimum Gasteiger partial charge on any atom is -0.496 e. The van der Waals surface area contributed by atoms with Crippen LogP contribution in [0.4, 0.5) is 0 Å². The van der Waals surface area contributed by atoms with Gasteiger partial charge in [-0.3, -0.25) is 9.36 Å². The van der Waals surface area contributed by atoms with Crippen LogP contribution in [0.15, 0.2) is 76.4 Å². The molecule has 3 aromatic carbocycles. The van der Waals surface area contributed by atoms with Gasteiger partial charge in [0.25, 0.3) is 0 Å². The van der Waals surface area contributed by atoms with E-state index >= 15 is 0 Å². The van der Waals surface area contributed by atoms with Crippen LogP contribution in [-0.4, -0.2) is 20.1 Å². The van der Waals surface area contributed by atoms with E-state index in [0.29, 0.717) is 27.5 Å². The molecule has 0 fully saturated rings. The molecule has 6 nitrogen and oxygen atoms in total. The first-order valence-corrected chi connectivity index (χ1v) is 12.5. The van der Waals surface area contributed by atoms with Crippen molar-refractivity contribution in [2.75, 3.05) is 7.11 Å². The first-order valence-electron chi connectivity index (χ1n) is 9.82. The Labute approximate surface area is 195 Å². The number of benzene rings is 3. The van der Waals surface area contributed by atoms with Gasteiger partial charge in [-0.1, -0.05) is 59.3 Å². The van der Waals surface area contributed by atoms with Crippen molar-refractivity contribution >= 4 is 43.2 Å². The average Bonchev–Trinajstić information content (AvgIpc) is 3.09. The first kappa shape index (κ1) is 22.5. The van der Waals surface area contributed by atoms with Crippen LogP contribution in [0.25, 0.3) is 10.2 Å². The molecule has 166 valence electrons. The number of methoxy groups -OCH3 is 1. The highest BCUT2D eigenvalue weighted by molar-refractivity contribution is 7.89. The number of hydrogen-bond acceptors (Lipinski definition) is 5. The third-order valence-corrected chi connectivity index (χ3v) is 8.02. The summed E-state index contributed by atoms with van der Waals surface area (Å²) in [6, 6.07) is 18.8. The maximum absolute atomic E-state index is 13.0. The minimum absolute atomic E-state index is 0.0953. The molecule has 0 aliphatic carbocycles. The van der Waals surface area contributed by atoms with E-state index in [1.54, 1.807) is 36.8 Å². The lowest BCUT2D eigenvalue weighted by Gasteiger charge is -2.17. The number of halogens is 1. The molecule has 0 saturated carbocycles. The highest BCUT2D eigenvalue weighted by atomic mass is 35.5. The highest BCUT2D eigenvalue weighted by Gasteiger charge is 2.22. The van der Waals surface area contributed by atoms with Gasteiger partial charge in [0.05, 0.1) is 28.8 Å². The number of ether oxygens (including phenoxy) is 1. The van der Waals surface area contributed by atoms with Gasteiger partial charge in [0.15, 0.2) is 0 Å². The van der Waals surface area contributed by atoms with Crippen molar-refractivity contribution < 1.29 is 13.2 Å². The molecule has 0 spiro atoms. The smallest absolute Gasteiger partial charge is 0.308 e. The van der Waals surface area contributed by atoms with Crippen molar-refractivity contribution in [2.45, 2.75) is 24.4 Å². The largest absolute Gasteiger partial charge is 0.496 e. The molecule has 1 heterocycles. The Balaban J connectivity index is 1.65. The number of hydrogen-bond donors (Lipinski definition) is 1. The average molecular weight is 489 g/mol. The van der Waals surface area contributed by atoms with Crippen LogP contribution < -0.4 is 14.3 Å². The number of nitrogens with one attached hydrogen (secondary N) is 1. The van der Waals surface area contributed by atoms with E-state index in [1.165, 1.54) is 12.1 Å². The zero-order chi connectivity index (χ0) is 22.9. The summed E-state index contributed by atoms with van der Waals surface area (Å²) in [5.74, 6) is 0.605. The minimum atomic E-state index is -3.82. The Kier molecular flexibility index (Phi) is 6.39. The van der Waals surface area contributed by atoms with Gasteiger partial charge in [-0.2, -0.15) is 0 Å². The fourth-order valence-electron chi connectivity index (χ4n) is 3.55. The molecule has 0 radical (unpaired) electrons. The molecule has 1 N–H and O–H groups in total. The molecule has 4 rings (SSSR count). The SMILES string of the molecule is COc1ccccc1C(C)NS(=O)(=O)c1ccc2c(c1)sc(=O)n2Cc1ccccc1Cl. The van der Waals surface area contributed by atoms with Gasteiger partial charge in [-0.25, -0.2) is 13.1 Å². The summed E-state index contributed by atoms with van der Waals surface area (Å²) >= 11 is 7.25. The van der Waals surface area contributed by atoms with E-state index in [9.17, 15) is 13.2 Å². The van der Waals surface area contributed by atoms with Crippen molar-refractivity contribution in [1.82, 2.24) is 9.29 Å². The van der Waals surface area contributed by atoms with Crippen LogP contribution in [0.1, 0.15) is 24.1 Å². The lowest BCUT2D eigenvalue weighted by atomic mass is 10.1. The van der Waals surface area contributed by atoms with Crippen molar-refractivity contribution in [1.29, 1.82) is 0 Å². The van der Waals surface area contributed by atoms with E-state index in [-0.39, 0.29) is 9.77 Å². The second-order valence-corrected chi connectivity index (χ2v) is 10.4. The van der Waals surface area contributed by atoms with E-state index in [0.717, 1.165) is 22.5 Å². The molecular weight excluding hydrogens is 468 g/mol. The predicted octanol–water partition coefficient (Wildman–Crippen LogP) is 4.81. The first-order chi connectivity index (χ1) is 15.3. The normalized spacial score (nSPS) is 12.7. The zero-order valence-corrected chi connectivity index (χ0v) is 19.8. The molecule has 0 saturated heterocycles. The van der Waals surface area contributed by atoms with Crippen LogP contribution in [-0.2, 0) is 16.6 Å². The third-order valence-electron chi connectivity index (χ3n) is 5.17. The van der Waals surface area contributed by atoms with E-state index in [4.69, 9.17) is 16.3 Å². The van der Waals surface area contributed by atoms with Gasteiger partial charge in [0, 0.05) is 16.6 Å². The zero-order valence-electron chi connectivity index (χ0n) is 17.4. The lowest BCUT2D eigenvalue weighted by molar-refractivity contribution is 0.405. The third kappa shape index (κ3) is 4.45. The van der Waals surface area contributed by atoms with Gasteiger partial charge in [0.2, 0.25) is 10.0 Å². The predicted molar refractivity (Wildman–Crippen MR) is 128 cm³/mol. The highest BCUT2D eigenvalue weighted by Crippen LogP contribution is 2.28. The van der Waals surface area contributed by atoms with E-state index in [1.807, 2.05) is 36.4 Å². The molecule has 1 aromatic heterocycles. The summed E-state index contributed by atoms with van der Waals surface area (Å²) in [6.07, 6.45) is 0. The Morgan fingerprint density at radius 1 is 1.09 bits per heavy atom. The Bertz CT molecular complexity index is 1440. The van der Waals surface area contributed by atoms with Crippen LogP contribution in [0, 0.1) is 0 Å². The number of rotatable bonds is 7. The molecular formula is C23H21ClN2O4S2. The molecule has 4 aromatic rings. The maximum Gasteiger partial charge on any atom is 0.308 e. The van der Waals surface area contributed by atoms with Gasteiger partial charge < -0.3 is 4.74 Å². The van der Waals surface area contributed by atoms with Crippen LogP contribution in [0.5, 0.6) is 5.75 Å². The van der Waals surface area contributed by atoms with Crippen molar-refractivity contribution in [3.63, 3.8) is 0 Å². The summed E-state index contributed by atoms with van der Waals surface area (Å²) in [5, 5.41) is 0.576. The molecule has 0 amide bonds. The maximum atomic E-state index is 13.0. The monoisotopic (exact) mass is 488 g/mol. The number of aromatic nitrogens is 1. The van der Waals surface area contributed by atoms with E-state index in [2.05, 4.69) is 4.72 Å². The van der Waals surface area contributed by atoms with Crippen molar-refractivity contribution in [3.05, 3.63) is 92.5 Å². The summed E-state index contributed by atoms with van der Waals surface area (Å²) in [7, 11) is -2.28. The van der Waals surface area contributed by atoms with Crippen LogP contribution in [0.2, 0.25) is 5.02 Å². The number of para-hydroxylation sites is 1. The summed E-state index contributed by atoms with van der Waals surface area (Å²) in [5.41, 5.74) is 2.21. The lowest BCUT2D eigenvalue weighted by Crippen LogP contribution is -2.27. The van der Waals surface area contributed by atoms with E-state index < -0.39 is 16.1 Å². The summed E-state index contributed by atoms with van der Waals surface area (Å²) in [4.78, 5) is 12.5. The van der Waals surface area contributed by atoms with Crippen molar-refractivity contribution in [2.24, 2.45) is 0 Å². The Morgan fingerprint density at radius 2 is 1.81 bits per heavy atom. The Hall–Kier alpha value is -2.65. The second-order valence-electron chi connectivity index (χ2n) is 7.26. The molecule has 9 heteroatoms. The molecule has 1 atom stereocenters. The second kappa shape index (κ2) is 9.07. The standard InChI is InChI=1S/C23H21ClN2O4S2/c1-15(18-8-4-6-10-21(18)30-2)25-32(28,29)17-11-12-20-22(13-17)31-23(27)26(20)14-16-7-3-5-9-19(16)24/h3-13,15,25H,14H2,1-2H3. The number of nitrogens with zero attached hydrogens (tertiary/aromatic N) is 1. The van der Waals surface area contributed by atoms with Gasteiger partial charge >= 0.3 is 4.87 Å². The fourth-order valence-corrected chi connectivity index (χ4v) is 6.00. The number of thiazole rings is 1. The fraction of sp³-hybridized carbons (Fsp3) is 0.174. The molecule has 1 unspecified atom stereocenters. The Morgan fingerprint density at radius 3 is 2.56 bits per heavy atom.